The lowest BCUT2D eigenvalue weighted by Crippen LogP contribution is -2.51. The number of nitrogens with one attached hydrogen (secondary N) is 2. The van der Waals surface area contributed by atoms with E-state index in [1.54, 1.807) is 11.8 Å². The molecule has 1 saturated heterocycles. The molecule has 1 amide bonds. The minimum absolute atomic E-state index is 0.0477. The molecule has 8 heteroatoms. The molecule has 198 valence electrons. The van der Waals surface area contributed by atoms with Gasteiger partial charge in [-0.2, -0.15) is 0 Å². The number of benzene rings is 3. The lowest BCUT2D eigenvalue weighted by atomic mass is 9.96. The molecule has 3 N–H and O–H groups in total. The van der Waals surface area contributed by atoms with Gasteiger partial charge in [-0.3, -0.25) is 4.79 Å². The highest BCUT2D eigenvalue weighted by Crippen LogP contribution is 2.45. The first-order chi connectivity index (χ1) is 18.1. The molecule has 1 aliphatic heterocycles. The number of carbonyl (C=O) groups is 1. The van der Waals surface area contributed by atoms with Crippen LogP contribution >= 0.6 is 11.6 Å². The number of likely N-dealkylation sites (tertiary alicyclic amines) is 1. The normalized spacial score (nSPS) is 13.1. The summed E-state index contributed by atoms with van der Waals surface area (Å²) >= 11 is 6.51. The number of phenols is 1. The Balaban J connectivity index is 1.75. The molecule has 3 aromatic rings. The maximum Gasteiger partial charge on any atom is 0.298 e. The maximum atomic E-state index is 16.3. The topological polar surface area (TPSA) is 64.6 Å². The Hall–Kier alpha value is -3.76. The molecule has 3 aromatic carbocycles. The SMILES string of the molecule is CC#CC(=O)N1CC(CNc2cc(Cl)c(-c3c(O)cccc3F)c(F)c2Nc2c(C)cccc2C(C)C)C1. The summed E-state index contributed by atoms with van der Waals surface area (Å²) in [7, 11) is 0. The number of rotatable bonds is 7. The van der Waals surface area contributed by atoms with Crippen LogP contribution in [-0.4, -0.2) is 35.5 Å². The van der Waals surface area contributed by atoms with Crippen LogP contribution in [0.4, 0.5) is 25.8 Å². The molecule has 0 bridgehead atoms. The van der Waals surface area contributed by atoms with E-state index in [0.717, 1.165) is 22.9 Å². The van der Waals surface area contributed by atoms with Crippen molar-refractivity contribution in [3.05, 3.63) is 70.2 Å². The first-order valence-electron chi connectivity index (χ1n) is 12.4. The molecule has 5 nitrogen and oxygen atoms in total. The fraction of sp³-hybridized carbons (Fsp3) is 0.300. The zero-order chi connectivity index (χ0) is 27.6. The van der Waals surface area contributed by atoms with Crippen LogP contribution in [-0.2, 0) is 4.79 Å². The summed E-state index contributed by atoms with van der Waals surface area (Å²) in [5.74, 6) is 3.24. The summed E-state index contributed by atoms with van der Waals surface area (Å²) in [5.41, 5.74) is 2.60. The van der Waals surface area contributed by atoms with Gasteiger partial charge in [-0.1, -0.05) is 55.6 Å². The van der Waals surface area contributed by atoms with Crippen molar-refractivity contribution in [2.24, 2.45) is 5.92 Å². The second-order valence-electron chi connectivity index (χ2n) is 9.75. The van der Waals surface area contributed by atoms with Crippen molar-refractivity contribution in [1.29, 1.82) is 0 Å². The van der Waals surface area contributed by atoms with Crippen molar-refractivity contribution in [2.45, 2.75) is 33.6 Å². The third-order valence-electron chi connectivity index (χ3n) is 6.69. The number of phenolic OH excluding ortho intramolecular Hbond substituents is 1. The van der Waals surface area contributed by atoms with E-state index in [4.69, 9.17) is 11.6 Å². The van der Waals surface area contributed by atoms with E-state index in [1.165, 1.54) is 18.2 Å². The highest BCUT2D eigenvalue weighted by Gasteiger charge is 2.30. The molecule has 1 fully saturated rings. The fourth-order valence-corrected chi connectivity index (χ4v) is 4.93. The molecular formula is C30H30ClF2N3O2. The fourth-order valence-electron chi connectivity index (χ4n) is 4.64. The second-order valence-corrected chi connectivity index (χ2v) is 10.2. The number of para-hydroxylation sites is 1. The molecule has 1 aliphatic rings. The largest absolute Gasteiger partial charge is 0.507 e. The molecular weight excluding hydrogens is 508 g/mol. The third kappa shape index (κ3) is 5.41. The monoisotopic (exact) mass is 537 g/mol. The van der Waals surface area contributed by atoms with Crippen LogP contribution in [0.1, 0.15) is 37.8 Å². The molecule has 38 heavy (non-hydrogen) atoms. The van der Waals surface area contributed by atoms with Gasteiger partial charge in [-0.05, 0) is 55.0 Å². The summed E-state index contributed by atoms with van der Waals surface area (Å²) in [4.78, 5) is 13.6. The zero-order valence-electron chi connectivity index (χ0n) is 21.8. The van der Waals surface area contributed by atoms with E-state index < -0.39 is 17.4 Å². The van der Waals surface area contributed by atoms with Gasteiger partial charge in [0, 0.05) is 36.8 Å². The number of halogens is 3. The van der Waals surface area contributed by atoms with Crippen molar-refractivity contribution < 1.29 is 18.7 Å². The molecule has 0 radical (unpaired) electrons. The van der Waals surface area contributed by atoms with Crippen molar-refractivity contribution >= 4 is 34.6 Å². The summed E-state index contributed by atoms with van der Waals surface area (Å²) in [6.07, 6.45) is 0. The van der Waals surface area contributed by atoms with Crippen LogP contribution in [0.3, 0.4) is 0 Å². The number of nitrogens with zero attached hydrogens (tertiary/aromatic N) is 1. The highest BCUT2D eigenvalue weighted by atomic mass is 35.5. The van der Waals surface area contributed by atoms with Crippen molar-refractivity contribution in [3.8, 4) is 28.7 Å². The predicted molar refractivity (Wildman–Crippen MR) is 149 cm³/mol. The van der Waals surface area contributed by atoms with Gasteiger partial charge in [-0.25, -0.2) is 8.78 Å². The van der Waals surface area contributed by atoms with Crippen molar-refractivity contribution in [3.63, 3.8) is 0 Å². The zero-order valence-corrected chi connectivity index (χ0v) is 22.5. The summed E-state index contributed by atoms with van der Waals surface area (Å²) in [6, 6.07) is 11.2. The van der Waals surface area contributed by atoms with Gasteiger partial charge < -0.3 is 20.6 Å². The van der Waals surface area contributed by atoms with E-state index in [-0.39, 0.29) is 39.6 Å². The number of amides is 1. The Bertz CT molecular complexity index is 1420. The highest BCUT2D eigenvalue weighted by molar-refractivity contribution is 6.34. The van der Waals surface area contributed by atoms with Crippen molar-refractivity contribution in [2.75, 3.05) is 30.3 Å². The lowest BCUT2D eigenvalue weighted by molar-refractivity contribution is -0.130. The minimum Gasteiger partial charge on any atom is -0.507 e. The maximum absolute atomic E-state index is 16.3. The molecule has 0 saturated carbocycles. The Morgan fingerprint density at radius 3 is 2.53 bits per heavy atom. The van der Waals surface area contributed by atoms with Crippen LogP contribution in [0.15, 0.2) is 42.5 Å². The van der Waals surface area contributed by atoms with Crippen molar-refractivity contribution in [1.82, 2.24) is 4.90 Å². The molecule has 1 heterocycles. The van der Waals surface area contributed by atoms with E-state index in [2.05, 4.69) is 22.5 Å². The molecule has 0 aliphatic carbocycles. The summed E-state index contributed by atoms with van der Waals surface area (Å²) < 4.78 is 31.1. The standard InChI is InChI=1S/C30H30ClF2N3O2/c1-5-8-25(38)36-15-19(16-36)14-34-23-13-21(31)26(27-22(32)11-7-12-24(27)37)28(33)30(23)35-29-18(4)9-6-10-20(29)17(2)3/h6-7,9-13,17,19,34-35,37H,14-16H2,1-4H3. The second kappa shape index (κ2) is 11.3. The van der Waals surface area contributed by atoms with Gasteiger partial charge in [0.05, 0.1) is 22.0 Å². The number of carbonyl (C=O) groups excluding carboxylic acids is 1. The van der Waals surface area contributed by atoms with E-state index in [0.29, 0.717) is 25.3 Å². The van der Waals surface area contributed by atoms with E-state index in [9.17, 15) is 14.3 Å². The summed E-state index contributed by atoms with van der Waals surface area (Å²) in [5, 5.41) is 16.9. The summed E-state index contributed by atoms with van der Waals surface area (Å²) in [6.45, 7) is 9.18. The predicted octanol–water partition coefficient (Wildman–Crippen LogP) is 7.06. The van der Waals surface area contributed by atoms with E-state index >= 15 is 4.39 Å². The number of hydrogen-bond donors (Lipinski definition) is 3. The average molecular weight is 538 g/mol. The third-order valence-corrected chi connectivity index (χ3v) is 6.99. The van der Waals surface area contributed by atoms with Gasteiger partial charge in [0.25, 0.3) is 5.91 Å². The first kappa shape index (κ1) is 27.3. The van der Waals surface area contributed by atoms with Crippen LogP contribution in [0.25, 0.3) is 11.1 Å². The Kier molecular flexibility index (Phi) is 8.13. The molecule has 0 spiro atoms. The van der Waals surface area contributed by atoms with Crippen LogP contribution in [0.2, 0.25) is 5.02 Å². The number of anilines is 3. The Labute approximate surface area is 226 Å². The van der Waals surface area contributed by atoms with Gasteiger partial charge in [0.15, 0.2) is 5.82 Å². The molecule has 0 aromatic heterocycles. The van der Waals surface area contributed by atoms with Gasteiger partial charge in [-0.15, -0.1) is 0 Å². The number of aryl methyl sites for hydroxylation is 1. The Morgan fingerprint density at radius 2 is 1.87 bits per heavy atom. The molecule has 0 unspecified atom stereocenters. The Morgan fingerprint density at radius 1 is 1.16 bits per heavy atom. The molecule has 4 rings (SSSR count). The first-order valence-corrected chi connectivity index (χ1v) is 12.8. The van der Waals surface area contributed by atoms with Gasteiger partial charge >= 0.3 is 0 Å². The van der Waals surface area contributed by atoms with Crippen LogP contribution < -0.4 is 10.6 Å². The van der Waals surface area contributed by atoms with Gasteiger partial charge in [0.2, 0.25) is 0 Å². The number of hydrogen-bond acceptors (Lipinski definition) is 4. The minimum atomic E-state index is -0.790. The average Bonchev–Trinajstić information content (AvgIpc) is 2.82. The molecule has 0 atom stereocenters. The number of aromatic hydroxyl groups is 1. The quantitative estimate of drug-likeness (QED) is 0.282. The van der Waals surface area contributed by atoms with Crippen LogP contribution in [0, 0.1) is 36.3 Å². The lowest BCUT2D eigenvalue weighted by Gasteiger charge is -2.38. The smallest absolute Gasteiger partial charge is 0.298 e. The van der Waals surface area contributed by atoms with E-state index in [1.807, 2.05) is 39.0 Å². The van der Waals surface area contributed by atoms with Crippen LogP contribution in [0.5, 0.6) is 5.75 Å². The van der Waals surface area contributed by atoms with Gasteiger partial charge in [0.1, 0.15) is 11.6 Å².